The number of rotatable bonds is 4. The summed E-state index contributed by atoms with van der Waals surface area (Å²) in [5.41, 5.74) is 0.485. The van der Waals surface area contributed by atoms with Gasteiger partial charge in [0.15, 0.2) is 0 Å². The van der Waals surface area contributed by atoms with Gasteiger partial charge in [-0.2, -0.15) is 5.26 Å². The molecule has 128 valence electrons. The van der Waals surface area contributed by atoms with Crippen molar-refractivity contribution in [3.63, 3.8) is 0 Å². The Balaban J connectivity index is 1.69. The second kappa shape index (κ2) is 7.76. The van der Waals surface area contributed by atoms with Crippen LogP contribution in [0, 0.1) is 17.1 Å². The number of carbonyl (C=O) groups is 1. The molecule has 2 aromatic carbocycles. The molecule has 0 atom stereocenters. The highest BCUT2D eigenvalue weighted by atomic mass is 79.9. The molecule has 0 aliphatic heterocycles. The molecule has 0 spiro atoms. The summed E-state index contributed by atoms with van der Waals surface area (Å²) in [6.07, 6.45) is 1.37. The molecule has 7 heteroatoms. The third-order valence-electron chi connectivity index (χ3n) is 3.38. The Morgan fingerprint density at radius 3 is 2.58 bits per heavy atom. The van der Waals surface area contributed by atoms with Crippen molar-refractivity contribution in [1.82, 2.24) is 4.98 Å². The summed E-state index contributed by atoms with van der Waals surface area (Å²) in [5.74, 6) is -0.101. The number of nitrogens with one attached hydrogen (secondary N) is 1. The van der Waals surface area contributed by atoms with Gasteiger partial charge in [-0.05, 0) is 48.5 Å². The number of amides is 1. The van der Waals surface area contributed by atoms with Crippen molar-refractivity contribution in [2.45, 2.75) is 0 Å². The molecule has 1 amide bonds. The Labute approximate surface area is 157 Å². The minimum absolute atomic E-state index is 0.140. The van der Waals surface area contributed by atoms with E-state index in [0.29, 0.717) is 22.9 Å². The zero-order valence-corrected chi connectivity index (χ0v) is 14.8. The molecule has 5 nitrogen and oxygen atoms in total. The monoisotopic (exact) mass is 411 g/mol. The van der Waals surface area contributed by atoms with Gasteiger partial charge in [-0.15, -0.1) is 0 Å². The molecule has 26 heavy (non-hydrogen) atoms. The lowest BCUT2D eigenvalue weighted by atomic mass is 10.2. The highest BCUT2D eigenvalue weighted by molar-refractivity contribution is 9.10. The van der Waals surface area contributed by atoms with Gasteiger partial charge in [0.05, 0.1) is 11.1 Å². The summed E-state index contributed by atoms with van der Waals surface area (Å²) in [6, 6.07) is 15.9. The highest BCUT2D eigenvalue weighted by Gasteiger charge is 2.09. The number of nitriles is 1. The predicted molar refractivity (Wildman–Crippen MR) is 97.5 cm³/mol. The van der Waals surface area contributed by atoms with Crippen LogP contribution in [-0.2, 0) is 0 Å². The Morgan fingerprint density at radius 1 is 1.15 bits per heavy atom. The van der Waals surface area contributed by atoms with Gasteiger partial charge in [0, 0.05) is 22.4 Å². The van der Waals surface area contributed by atoms with Crippen molar-refractivity contribution in [2.24, 2.45) is 0 Å². The number of benzene rings is 2. The second-order valence-electron chi connectivity index (χ2n) is 5.20. The van der Waals surface area contributed by atoms with E-state index in [2.05, 4.69) is 26.2 Å². The van der Waals surface area contributed by atoms with E-state index in [1.165, 1.54) is 18.3 Å². The highest BCUT2D eigenvalue weighted by Crippen LogP contribution is 2.22. The average Bonchev–Trinajstić information content (AvgIpc) is 2.65. The van der Waals surface area contributed by atoms with E-state index in [1.54, 1.807) is 30.3 Å². The van der Waals surface area contributed by atoms with Crippen LogP contribution in [0.4, 0.5) is 10.1 Å². The number of nitrogens with zero attached hydrogens (tertiary/aromatic N) is 2. The number of hydrogen-bond donors (Lipinski definition) is 1. The average molecular weight is 412 g/mol. The largest absolute Gasteiger partial charge is 0.439 e. The van der Waals surface area contributed by atoms with Gasteiger partial charge in [-0.1, -0.05) is 15.9 Å². The lowest BCUT2D eigenvalue weighted by Crippen LogP contribution is -2.12. The van der Waals surface area contributed by atoms with Gasteiger partial charge in [-0.3, -0.25) is 4.79 Å². The van der Waals surface area contributed by atoms with Crippen molar-refractivity contribution in [2.75, 3.05) is 5.32 Å². The quantitative estimate of drug-likeness (QED) is 0.662. The summed E-state index contributed by atoms with van der Waals surface area (Å²) in [6.45, 7) is 0. The minimum atomic E-state index is -0.637. The third kappa shape index (κ3) is 4.23. The maximum atomic E-state index is 13.3. The molecule has 0 bridgehead atoms. The van der Waals surface area contributed by atoms with Crippen molar-refractivity contribution in [3.05, 3.63) is 82.2 Å². The van der Waals surface area contributed by atoms with Crippen LogP contribution >= 0.6 is 15.9 Å². The van der Waals surface area contributed by atoms with Crippen LogP contribution in [0.2, 0.25) is 0 Å². The van der Waals surface area contributed by atoms with Gasteiger partial charge in [0.1, 0.15) is 17.6 Å². The molecular weight excluding hydrogens is 401 g/mol. The Kier molecular flexibility index (Phi) is 5.25. The molecule has 1 heterocycles. The molecule has 0 saturated carbocycles. The van der Waals surface area contributed by atoms with Crippen LogP contribution in [0.15, 0.2) is 65.3 Å². The van der Waals surface area contributed by atoms with E-state index in [-0.39, 0.29) is 5.56 Å². The molecule has 1 aromatic heterocycles. The SMILES string of the molecule is N#Cc1cc(NC(=O)c2ccc(Oc3ccc(Br)cc3)nc2)ccc1F. The van der Waals surface area contributed by atoms with E-state index in [4.69, 9.17) is 10.00 Å². The molecule has 0 aliphatic carbocycles. The van der Waals surface area contributed by atoms with Gasteiger partial charge in [0.25, 0.3) is 5.91 Å². The van der Waals surface area contributed by atoms with Crippen LogP contribution in [0.5, 0.6) is 11.6 Å². The predicted octanol–water partition coefficient (Wildman–Crippen LogP) is 4.90. The molecule has 0 radical (unpaired) electrons. The first-order valence-electron chi connectivity index (χ1n) is 7.45. The summed E-state index contributed by atoms with van der Waals surface area (Å²) >= 11 is 3.34. The van der Waals surface area contributed by atoms with Crippen molar-refractivity contribution >= 4 is 27.5 Å². The molecule has 3 rings (SSSR count). The first-order chi connectivity index (χ1) is 12.5. The summed E-state index contributed by atoms with van der Waals surface area (Å²) in [4.78, 5) is 16.3. The molecule has 3 aromatic rings. The maximum Gasteiger partial charge on any atom is 0.257 e. The Bertz CT molecular complexity index is 983. The fourth-order valence-electron chi connectivity index (χ4n) is 2.09. The summed E-state index contributed by atoms with van der Waals surface area (Å²) < 4.78 is 19.8. The molecular formula is C19H11BrFN3O2. The number of anilines is 1. The topological polar surface area (TPSA) is 75.0 Å². The van der Waals surface area contributed by atoms with Crippen molar-refractivity contribution in [3.8, 4) is 17.7 Å². The number of halogens is 2. The lowest BCUT2D eigenvalue weighted by Gasteiger charge is -2.07. The first-order valence-corrected chi connectivity index (χ1v) is 8.25. The van der Waals surface area contributed by atoms with E-state index < -0.39 is 11.7 Å². The third-order valence-corrected chi connectivity index (χ3v) is 3.91. The van der Waals surface area contributed by atoms with Crippen LogP contribution in [-0.4, -0.2) is 10.9 Å². The van der Waals surface area contributed by atoms with Crippen molar-refractivity contribution in [1.29, 1.82) is 5.26 Å². The number of hydrogen-bond acceptors (Lipinski definition) is 4. The maximum absolute atomic E-state index is 13.3. The normalized spacial score (nSPS) is 10.0. The van der Waals surface area contributed by atoms with Gasteiger partial charge in [-0.25, -0.2) is 9.37 Å². The van der Waals surface area contributed by atoms with Crippen LogP contribution in [0.25, 0.3) is 0 Å². The van der Waals surface area contributed by atoms with Crippen LogP contribution < -0.4 is 10.1 Å². The number of pyridine rings is 1. The zero-order chi connectivity index (χ0) is 18.5. The van der Waals surface area contributed by atoms with Crippen LogP contribution in [0.3, 0.4) is 0 Å². The Morgan fingerprint density at radius 2 is 1.92 bits per heavy atom. The van der Waals surface area contributed by atoms with E-state index in [1.807, 2.05) is 12.1 Å². The van der Waals surface area contributed by atoms with Gasteiger partial charge >= 0.3 is 0 Å². The summed E-state index contributed by atoms with van der Waals surface area (Å²) in [5, 5.41) is 11.4. The second-order valence-corrected chi connectivity index (χ2v) is 6.12. The first kappa shape index (κ1) is 17.6. The number of aromatic nitrogens is 1. The Hall–Kier alpha value is -3.24. The lowest BCUT2D eigenvalue weighted by molar-refractivity contribution is 0.102. The smallest absolute Gasteiger partial charge is 0.257 e. The van der Waals surface area contributed by atoms with E-state index >= 15 is 0 Å². The molecule has 1 N–H and O–H groups in total. The van der Waals surface area contributed by atoms with Crippen LogP contribution in [0.1, 0.15) is 15.9 Å². The zero-order valence-electron chi connectivity index (χ0n) is 13.2. The minimum Gasteiger partial charge on any atom is -0.439 e. The fourth-order valence-corrected chi connectivity index (χ4v) is 2.35. The van der Waals surface area contributed by atoms with E-state index in [9.17, 15) is 9.18 Å². The molecule has 0 fully saturated rings. The number of carbonyl (C=O) groups excluding carboxylic acids is 1. The standard InChI is InChI=1S/C19H11BrFN3O2/c20-14-2-5-16(6-3-14)26-18-8-1-12(11-23-18)19(25)24-15-4-7-17(21)13(9-15)10-22/h1-9,11H,(H,24,25). The van der Waals surface area contributed by atoms with Gasteiger partial charge < -0.3 is 10.1 Å². The van der Waals surface area contributed by atoms with Crippen molar-refractivity contribution < 1.29 is 13.9 Å². The van der Waals surface area contributed by atoms with E-state index in [0.717, 1.165) is 10.5 Å². The summed E-state index contributed by atoms with van der Waals surface area (Å²) in [7, 11) is 0. The fraction of sp³-hybridized carbons (Fsp3) is 0. The van der Waals surface area contributed by atoms with Gasteiger partial charge in [0.2, 0.25) is 5.88 Å². The number of ether oxygens (including phenoxy) is 1. The molecule has 0 aliphatic rings. The molecule has 0 unspecified atom stereocenters. The molecule has 0 saturated heterocycles.